The first kappa shape index (κ1) is 14.0. The molecule has 1 N–H and O–H groups in total. The zero-order valence-electron chi connectivity index (χ0n) is 13.9. The SMILES string of the molecule is Cn1c(C2CCN(CC3[C@H]4CNC[C@@H]34)CC2)nc2ccccc21. The summed E-state index contributed by atoms with van der Waals surface area (Å²) in [4.78, 5) is 7.63. The minimum absolute atomic E-state index is 0.629. The lowest BCUT2D eigenvalue weighted by Crippen LogP contribution is -2.36. The molecule has 2 aromatic rings. The zero-order valence-corrected chi connectivity index (χ0v) is 13.9. The molecule has 4 heteroatoms. The van der Waals surface area contributed by atoms with Crippen molar-refractivity contribution in [1.82, 2.24) is 19.8 Å². The Hall–Kier alpha value is -1.39. The van der Waals surface area contributed by atoms with Crippen molar-refractivity contribution in [2.75, 3.05) is 32.7 Å². The van der Waals surface area contributed by atoms with E-state index in [4.69, 9.17) is 4.98 Å². The molecule has 2 saturated heterocycles. The number of aryl methyl sites for hydroxylation is 1. The number of imidazole rings is 1. The van der Waals surface area contributed by atoms with Crippen LogP contribution in [0.4, 0.5) is 0 Å². The summed E-state index contributed by atoms with van der Waals surface area (Å²) < 4.78 is 2.31. The topological polar surface area (TPSA) is 33.1 Å². The lowest BCUT2D eigenvalue weighted by molar-refractivity contribution is 0.194. The third kappa shape index (κ3) is 2.31. The fraction of sp³-hybridized carbons (Fsp3) is 0.632. The van der Waals surface area contributed by atoms with Gasteiger partial charge in [0.15, 0.2) is 0 Å². The summed E-state index contributed by atoms with van der Waals surface area (Å²) in [5, 5.41) is 3.51. The summed E-state index contributed by atoms with van der Waals surface area (Å²) in [5.41, 5.74) is 2.41. The molecule has 3 heterocycles. The summed E-state index contributed by atoms with van der Waals surface area (Å²) in [5.74, 6) is 4.89. The van der Waals surface area contributed by atoms with E-state index in [1.54, 1.807) is 0 Å². The first-order chi connectivity index (χ1) is 11.3. The van der Waals surface area contributed by atoms with Gasteiger partial charge >= 0.3 is 0 Å². The standard InChI is InChI=1S/C19H26N4/c1-22-18-5-3-2-4-17(18)21-19(22)13-6-8-23(9-7-13)12-16-14-10-20-11-15(14)16/h2-5,13-16,20H,6-12H2,1H3/t14-,15+,16?. The lowest BCUT2D eigenvalue weighted by Gasteiger charge is -2.32. The molecule has 3 fully saturated rings. The van der Waals surface area contributed by atoms with Gasteiger partial charge in [-0.1, -0.05) is 12.1 Å². The van der Waals surface area contributed by atoms with Crippen LogP contribution in [0.1, 0.15) is 24.6 Å². The predicted octanol–water partition coefficient (Wildman–Crippen LogP) is 2.22. The molecule has 1 aromatic heterocycles. The highest BCUT2D eigenvalue weighted by molar-refractivity contribution is 5.75. The number of rotatable bonds is 3. The molecular formula is C19H26N4. The van der Waals surface area contributed by atoms with Crippen molar-refractivity contribution in [3.63, 3.8) is 0 Å². The first-order valence-electron chi connectivity index (χ1n) is 9.15. The molecule has 3 atom stereocenters. The number of likely N-dealkylation sites (tertiary alicyclic amines) is 1. The molecule has 1 unspecified atom stereocenters. The number of hydrogen-bond donors (Lipinski definition) is 1. The van der Waals surface area contributed by atoms with Gasteiger partial charge in [-0.25, -0.2) is 4.98 Å². The van der Waals surface area contributed by atoms with E-state index in [0.717, 1.165) is 23.3 Å². The third-order valence-electron chi connectivity index (χ3n) is 6.51. The molecule has 0 bridgehead atoms. The van der Waals surface area contributed by atoms with Crippen LogP contribution >= 0.6 is 0 Å². The number of hydrogen-bond acceptors (Lipinski definition) is 3. The van der Waals surface area contributed by atoms with Crippen molar-refractivity contribution in [2.45, 2.75) is 18.8 Å². The molecule has 3 aliphatic rings. The van der Waals surface area contributed by atoms with Crippen molar-refractivity contribution < 1.29 is 0 Å². The smallest absolute Gasteiger partial charge is 0.112 e. The fourth-order valence-electron chi connectivity index (χ4n) is 5.02. The van der Waals surface area contributed by atoms with Gasteiger partial charge in [-0.05, 0) is 68.9 Å². The molecule has 4 nitrogen and oxygen atoms in total. The first-order valence-corrected chi connectivity index (χ1v) is 9.15. The number of nitrogens with zero attached hydrogens (tertiary/aromatic N) is 3. The van der Waals surface area contributed by atoms with Crippen molar-refractivity contribution >= 4 is 11.0 Å². The van der Waals surface area contributed by atoms with E-state index in [-0.39, 0.29) is 0 Å². The maximum absolute atomic E-state index is 4.92. The van der Waals surface area contributed by atoms with Gasteiger partial charge in [0.2, 0.25) is 0 Å². The minimum atomic E-state index is 0.629. The van der Waals surface area contributed by atoms with Gasteiger partial charge in [-0.2, -0.15) is 0 Å². The Kier molecular flexibility index (Phi) is 3.24. The maximum atomic E-state index is 4.92. The largest absolute Gasteiger partial charge is 0.331 e. The van der Waals surface area contributed by atoms with Crippen LogP contribution in [-0.4, -0.2) is 47.2 Å². The summed E-state index contributed by atoms with van der Waals surface area (Å²) in [6, 6.07) is 8.51. The van der Waals surface area contributed by atoms with Crippen molar-refractivity contribution in [2.24, 2.45) is 24.8 Å². The molecule has 122 valence electrons. The van der Waals surface area contributed by atoms with Crippen LogP contribution in [-0.2, 0) is 7.05 Å². The summed E-state index contributed by atoms with van der Waals surface area (Å²) in [6.45, 7) is 6.37. The molecule has 1 aliphatic carbocycles. The zero-order chi connectivity index (χ0) is 15.4. The molecule has 5 rings (SSSR count). The van der Waals surface area contributed by atoms with Gasteiger partial charge < -0.3 is 14.8 Å². The average Bonchev–Trinajstić information content (AvgIpc) is 2.94. The number of benzene rings is 1. The van der Waals surface area contributed by atoms with Gasteiger partial charge in [0.05, 0.1) is 11.0 Å². The lowest BCUT2D eigenvalue weighted by atomic mass is 9.95. The molecular weight excluding hydrogens is 284 g/mol. The Labute approximate surface area is 137 Å². The van der Waals surface area contributed by atoms with Crippen LogP contribution < -0.4 is 5.32 Å². The van der Waals surface area contributed by atoms with Crippen LogP contribution in [0.5, 0.6) is 0 Å². The molecule has 1 saturated carbocycles. The van der Waals surface area contributed by atoms with Gasteiger partial charge in [0.1, 0.15) is 5.82 Å². The van der Waals surface area contributed by atoms with Crippen molar-refractivity contribution in [3.05, 3.63) is 30.1 Å². The number of nitrogens with one attached hydrogen (secondary N) is 1. The van der Waals surface area contributed by atoms with Crippen LogP contribution in [0.25, 0.3) is 11.0 Å². The Morgan fingerprint density at radius 3 is 2.61 bits per heavy atom. The van der Waals surface area contributed by atoms with Crippen molar-refractivity contribution in [1.29, 1.82) is 0 Å². The molecule has 2 aliphatic heterocycles. The maximum Gasteiger partial charge on any atom is 0.112 e. The van der Waals surface area contributed by atoms with Gasteiger partial charge in [0.25, 0.3) is 0 Å². The van der Waals surface area contributed by atoms with E-state index in [0.29, 0.717) is 5.92 Å². The number of para-hydroxylation sites is 2. The Balaban J connectivity index is 1.24. The Morgan fingerprint density at radius 1 is 1.13 bits per heavy atom. The summed E-state index contributed by atoms with van der Waals surface area (Å²) >= 11 is 0. The van der Waals surface area contributed by atoms with Crippen LogP contribution in [0.3, 0.4) is 0 Å². The van der Waals surface area contributed by atoms with Crippen LogP contribution in [0, 0.1) is 17.8 Å². The van der Waals surface area contributed by atoms with Gasteiger partial charge in [-0.3, -0.25) is 0 Å². The molecule has 0 spiro atoms. The van der Waals surface area contributed by atoms with E-state index in [2.05, 4.69) is 46.1 Å². The van der Waals surface area contributed by atoms with E-state index < -0.39 is 0 Å². The number of aromatic nitrogens is 2. The highest BCUT2D eigenvalue weighted by atomic mass is 15.2. The Morgan fingerprint density at radius 2 is 1.87 bits per heavy atom. The molecule has 23 heavy (non-hydrogen) atoms. The van der Waals surface area contributed by atoms with Gasteiger partial charge in [0, 0.05) is 19.5 Å². The van der Waals surface area contributed by atoms with E-state index in [9.17, 15) is 0 Å². The van der Waals surface area contributed by atoms with Crippen molar-refractivity contribution in [3.8, 4) is 0 Å². The minimum Gasteiger partial charge on any atom is -0.331 e. The highest BCUT2D eigenvalue weighted by Gasteiger charge is 2.52. The van der Waals surface area contributed by atoms with E-state index in [1.807, 2.05) is 0 Å². The molecule has 0 amide bonds. The fourth-order valence-corrected chi connectivity index (χ4v) is 5.02. The predicted molar refractivity (Wildman–Crippen MR) is 92.5 cm³/mol. The second kappa shape index (κ2) is 5.32. The average molecular weight is 310 g/mol. The second-order valence-electron chi connectivity index (χ2n) is 7.74. The van der Waals surface area contributed by atoms with Crippen LogP contribution in [0.2, 0.25) is 0 Å². The summed E-state index contributed by atoms with van der Waals surface area (Å²) in [6.07, 6.45) is 2.52. The molecule has 1 aromatic carbocycles. The third-order valence-corrected chi connectivity index (χ3v) is 6.51. The quantitative estimate of drug-likeness (QED) is 0.944. The highest BCUT2D eigenvalue weighted by Crippen LogP contribution is 2.49. The second-order valence-corrected chi connectivity index (χ2v) is 7.74. The summed E-state index contributed by atoms with van der Waals surface area (Å²) in [7, 11) is 2.18. The normalized spacial score (nSPS) is 31.6. The van der Waals surface area contributed by atoms with Crippen LogP contribution in [0.15, 0.2) is 24.3 Å². The Bertz CT molecular complexity index is 703. The monoisotopic (exact) mass is 310 g/mol. The van der Waals surface area contributed by atoms with Gasteiger partial charge in [-0.15, -0.1) is 0 Å². The van der Waals surface area contributed by atoms with E-state index in [1.165, 1.54) is 56.9 Å². The number of piperidine rings is 2. The van der Waals surface area contributed by atoms with E-state index >= 15 is 0 Å². The molecule has 0 radical (unpaired) electrons. The number of fused-ring (bicyclic) bond motifs is 2.